The van der Waals surface area contributed by atoms with E-state index in [1.54, 1.807) is 29.9 Å². The van der Waals surface area contributed by atoms with E-state index in [0.29, 0.717) is 11.6 Å². The molecular weight excluding hydrogens is 224 g/mol. The molecule has 0 aliphatic rings. The van der Waals surface area contributed by atoms with Gasteiger partial charge >= 0.3 is 0 Å². The van der Waals surface area contributed by atoms with Gasteiger partial charge in [0.25, 0.3) is 0 Å². The highest BCUT2D eigenvalue weighted by atomic mass is 32.1. The van der Waals surface area contributed by atoms with Crippen molar-refractivity contribution in [2.75, 3.05) is 17.3 Å². The highest BCUT2D eigenvalue weighted by molar-refractivity contribution is 7.09. The molecule has 0 fully saturated rings. The molecule has 0 saturated carbocycles. The Labute approximate surface area is 96.9 Å². The van der Waals surface area contributed by atoms with Crippen LogP contribution in [-0.4, -0.2) is 21.5 Å². The normalized spacial score (nSPS) is 10.1. The van der Waals surface area contributed by atoms with Gasteiger partial charge in [0.15, 0.2) is 5.82 Å². The lowest BCUT2D eigenvalue weighted by Crippen LogP contribution is -2.11. The number of hydrazine groups is 1. The number of nitrogens with two attached hydrogens (primary N) is 1. The van der Waals surface area contributed by atoms with Crippen LogP contribution in [0.4, 0.5) is 11.6 Å². The van der Waals surface area contributed by atoms with Crippen molar-refractivity contribution in [3.63, 3.8) is 0 Å². The van der Waals surface area contributed by atoms with Crippen LogP contribution in [0, 0.1) is 0 Å². The second-order valence-corrected chi connectivity index (χ2v) is 4.02. The van der Waals surface area contributed by atoms with Crippen LogP contribution in [0.15, 0.2) is 24.0 Å². The molecule has 6 nitrogen and oxygen atoms in total. The van der Waals surface area contributed by atoms with E-state index in [4.69, 9.17) is 5.84 Å². The topological polar surface area (TPSA) is 88.8 Å². The summed E-state index contributed by atoms with van der Waals surface area (Å²) < 4.78 is 0. The molecule has 16 heavy (non-hydrogen) atoms. The predicted octanol–water partition coefficient (Wildman–Crippen LogP) is 0.873. The van der Waals surface area contributed by atoms with Crippen molar-refractivity contribution in [2.45, 2.75) is 6.42 Å². The van der Waals surface area contributed by atoms with Crippen molar-refractivity contribution in [1.29, 1.82) is 0 Å². The smallest absolute Gasteiger partial charge is 0.160 e. The molecule has 0 aliphatic carbocycles. The molecule has 2 aromatic rings. The molecule has 4 N–H and O–H groups in total. The first-order valence-electron chi connectivity index (χ1n) is 4.79. The van der Waals surface area contributed by atoms with E-state index in [1.807, 2.05) is 5.38 Å². The fraction of sp³-hybridized carbons (Fsp3) is 0.222. The number of nitrogens with one attached hydrogen (secondary N) is 2. The Morgan fingerprint density at radius 2 is 2.19 bits per heavy atom. The van der Waals surface area contributed by atoms with Crippen molar-refractivity contribution in [3.8, 4) is 0 Å². The first kappa shape index (κ1) is 10.8. The summed E-state index contributed by atoms with van der Waals surface area (Å²) in [6.45, 7) is 0.774. The molecule has 2 rings (SSSR count). The Morgan fingerprint density at radius 3 is 2.94 bits per heavy atom. The van der Waals surface area contributed by atoms with Crippen molar-refractivity contribution in [2.24, 2.45) is 5.84 Å². The third-order valence-electron chi connectivity index (χ3n) is 1.91. The van der Waals surface area contributed by atoms with Crippen LogP contribution < -0.4 is 16.6 Å². The molecular formula is C9H12N6S. The molecule has 0 atom stereocenters. The van der Waals surface area contributed by atoms with Crippen LogP contribution >= 0.6 is 11.3 Å². The van der Waals surface area contributed by atoms with Crippen LogP contribution in [-0.2, 0) is 6.42 Å². The van der Waals surface area contributed by atoms with Gasteiger partial charge in [-0.3, -0.25) is 4.98 Å². The zero-order valence-electron chi connectivity index (χ0n) is 8.55. The first-order chi connectivity index (χ1) is 7.88. The van der Waals surface area contributed by atoms with Gasteiger partial charge in [-0.1, -0.05) is 0 Å². The number of hydrogen-bond acceptors (Lipinski definition) is 7. The van der Waals surface area contributed by atoms with Crippen molar-refractivity contribution in [3.05, 3.63) is 29.0 Å². The lowest BCUT2D eigenvalue weighted by Gasteiger charge is -2.05. The van der Waals surface area contributed by atoms with Gasteiger partial charge < -0.3 is 10.7 Å². The summed E-state index contributed by atoms with van der Waals surface area (Å²) in [7, 11) is 0. The predicted molar refractivity (Wildman–Crippen MR) is 64.1 cm³/mol. The average Bonchev–Trinajstić information content (AvgIpc) is 2.82. The Morgan fingerprint density at radius 1 is 1.31 bits per heavy atom. The Hall–Kier alpha value is -1.73. The molecule has 2 aromatic heterocycles. The highest BCUT2D eigenvalue weighted by Gasteiger charge is 1.98. The molecule has 0 bridgehead atoms. The lowest BCUT2D eigenvalue weighted by atomic mass is 10.4. The number of rotatable bonds is 5. The van der Waals surface area contributed by atoms with Crippen LogP contribution in [0.25, 0.3) is 0 Å². The van der Waals surface area contributed by atoms with Gasteiger partial charge in [0, 0.05) is 24.5 Å². The molecule has 0 unspecified atom stereocenters. The first-order valence-corrected chi connectivity index (χ1v) is 5.67. The number of nitrogen functional groups attached to an aromatic ring is 1. The SMILES string of the molecule is NNc1cncc(NCCc2nccs2)n1. The fourth-order valence-electron chi connectivity index (χ4n) is 1.19. The van der Waals surface area contributed by atoms with E-state index >= 15 is 0 Å². The van der Waals surface area contributed by atoms with Crippen molar-refractivity contribution >= 4 is 23.0 Å². The summed E-state index contributed by atoms with van der Waals surface area (Å²) in [5.41, 5.74) is 2.45. The molecule has 0 radical (unpaired) electrons. The highest BCUT2D eigenvalue weighted by Crippen LogP contribution is 2.07. The van der Waals surface area contributed by atoms with Gasteiger partial charge in [-0.25, -0.2) is 15.8 Å². The maximum Gasteiger partial charge on any atom is 0.160 e. The van der Waals surface area contributed by atoms with Crippen LogP contribution in [0.3, 0.4) is 0 Å². The third-order valence-corrected chi connectivity index (χ3v) is 2.75. The van der Waals surface area contributed by atoms with Gasteiger partial charge in [-0.05, 0) is 0 Å². The Balaban J connectivity index is 1.85. The van der Waals surface area contributed by atoms with Crippen LogP contribution in [0.5, 0.6) is 0 Å². The molecule has 2 heterocycles. The van der Waals surface area contributed by atoms with Gasteiger partial charge in [0.2, 0.25) is 0 Å². The van der Waals surface area contributed by atoms with E-state index in [-0.39, 0.29) is 0 Å². The standard InChI is InChI=1S/C9H12N6S/c10-15-8-6-11-5-7(14-8)12-2-1-9-13-3-4-16-9/h3-6H,1-2,10H2,(H2,12,14,15). The maximum absolute atomic E-state index is 5.24. The van der Waals surface area contributed by atoms with Crippen LogP contribution in [0.1, 0.15) is 5.01 Å². The summed E-state index contributed by atoms with van der Waals surface area (Å²) >= 11 is 1.65. The zero-order chi connectivity index (χ0) is 11.2. The number of anilines is 2. The van der Waals surface area contributed by atoms with E-state index in [9.17, 15) is 0 Å². The van der Waals surface area contributed by atoms with Crippen LogP contribution in [0.2, 0.25) is 0 Å². The zero-order valence-corrected chi connectivity index (χ0v) is 9.37. The summed E-state index contributed by atoms with van der Waals surface area (Å²) in [4.78, 5) is 12.4. The Kier molecular flexibility index (Phi) is 3.62. The van der Waals surface area contributed by atoms with Crippen molar-refractivity contribution < 1.29 is 0 Å². The second kappa shape index (κ2) is 5.38. The number of thiazole rings is 1. The summed E-state index contributed by atoms with van der Waals surface area (Å²) in [6, 6.07) is 0. The largest absolute Gasteiger partial charge is 0.368 e. The van der Waals surface area contributed by atoms with E-state index in [0.717, 1.165) is 18.0 Å². The number of nitrogens with zero attached hydrogens (tertiary/aromatic N) is 3. The van der Waals surface area contributed by atoms with Crippen molar-refractivity contribution in [1.82, 2.24) is 15.0 Å². The summed E-state index contributed by atoms with van der Waals surface area (Å²) in [5, 5.41) is 6.23. The summed E-state index contributed by atoms with van der Waals surface area (Å²) in [6.07, 6.45) is 5.90. The third kappa shape index (κ3) is 2.88. The summed E-state index contributed by atoms with van der Waals surface area (Å²) in [5.74, 6) is 6.48. The minimum Gasteiger partial charge on any atom is -0.368 e. The minimum absolute atomic E-state index is 0.541. The fourth-order valence-corrected chi connectivity index (χ4v) is 1.82. The molecule has 0 aliphatic heterocycles. The van der Waals surface area contributed by atoms with Gasteiger partial charge in [0.1, 0.15) is 5.82 Å². The maximum atomic E-state index is 5.24. The Bertz CT molecular complexity index is 429. The van der Waals surface area contributed by atoms with Gasteiger partial charge in [-0.15, -0.1) is 11.3 Å². The molecule has 0 spiro atoms. The van der Waals surface area contributed by atoms with Gasteiger partial charge in [0.05, 0.1) is 17.4 Å². The molecule has 0 saturated heterocycles. The monoisotopic (exact) mass is 236 g/mol. The van der Waals surface area contributed by atoms with Gasteiger partial charge in [-0.2, -0.15) is 0 Å². The number of hydrogen-bond donors (Lipinski definition) is 3. The quantitative estimate of drug-likeness (QED) is 0.527. The lowest BCUT2D eigenvalue weighted by molar-refractivity contribution is 0.981. The van der Waals surface area contributed by atoms with E-state index < -0.39 is 0 Å². The number of aromatic nitrogens is 3. The molecule has 84 valence electrons. The molecule has 7 heteroatoms. The van der Waals surface area contributed by atoms with E-state index in [2.05, 4.69) is 25.7 Å². The second-order valence-electron chi connectivity index (χ2n) is 3.04. The minimum atomic E-state index is 0.541. The molecule has 0 amide bonds. The van der Waals surface area contributed by atoms with E-state index in [1.165, 1.54) is 0 Å². The average molecular weight is 236 g/mol. The molecule has 0 aromatic carbocycles.